The normalized spacial score (nSPS) is 51.0. The van der Waals surface area contributed by atoms with Crippen LogP contribution in [0.25, 0.3) is 0 Å². The molecule has 0 radical (unpaired) electrons. The first-order chi connectivity index (χ1) is 4.86. The van der Waals surface area contributed by atoms with Crippen molar-refractivity contribution in [3.63, 3.8) is 0 Å². The minimum absolute atomic E-state index is 1.13. The van der Waals surface area contributed by atoms with Crippen molar-refractivity contribution < 1.29 is 0 Å². The molecule has 0 aromatic carbocycles. The Morgan fingerprint density at radius 1 is 1.00 bits per heavy atom. The average Bonchev–Trinajstić information content (AvgIpc) is 1.93. The maximum absolute atomic E-state index is 2.35. The van der Waals surface area contributed by atoms with E-state index in [0.29, 0.717) is 0 Å². The first-order valence-electron chi connectivity index (χ1n) is 4.86. The monoisotopic (exact) mass is 138 g/mol. The molecular weight excluding hydrogens is 120 g/mol. The molecule has 2 unspecified atom stereocenters. The Labute approximate surface area is 64.0 Å². The van der Waals surface area contributed by atoms with Crippen LogP contribution in [0.5, 0.6) is 0 Å². The van der Waals surface area contributed by atoms with Gasteiger partial charge in [-0.2, -0.15) is 0 Å². The van der Waals surface area contributed by atoms with E-state index in [9.17, 15) is 0 Å². The van der Waals surface area contributed by atoms with Crippen LogP contribution in [0.15, 0.2) is 0 Å². The number of fused-ring (bicyclic) bond motifs is 1. The molecule has 2 aliphatic rings. The summed E-state index contributed by atoms with van der Waals surface area (Å²) in [5, 5.41) is 0. The SMILES string of the molecule is CCC1CC2CC(CC)C12. The maximum atomic E-state index is 2.35. The molecule has 0 heterocycles. The summed E-state index contributed by atoms with van der Waals surface area (Å²) in [6.07, 6.45) is 6.02. The third-order valence-corrected chi connectivity index (χ3v) is 3.89. The summed E-state index contributed by atoms with van der Waals surface area (Å²) in [6, 6.07) is 0. The van der Waals surface area contributed by atoms with Gasteiger partial charge in [-0.15, -0.1) is 0 Å². The molecular formula is C10H18. The predicted octanol–water partition coefficient (Wildman–Crippen LogP) is 3.08. The van der Waals surface area contributed by atoms with E-state index in [1.54, 1.807) is 12.8 Å². The van der Waals surface area contributed by atoms with Gasteiger partial charge in [0.2, 0.25) is 0 Å². The van der Waals surface area contributed by atoms with E-state index in [0.717, 1.165) is 11.8 Å². The van der Waals surface area contributed by atoms with Crippen molar-refractivity contribution in [2.45, 2.75) is 39.5 Å². The van der Waals surface area contributed by atoms with Crippen LogP contribution >= 0.6 is 0 Å². The maximum Gasteiger partial charge on any atom is -0.0329 e. The van der Waals surface area contributed by atoms with Crippen molar-refractivity contribution in [2.75, 3.05) is 0 Å². The summed E-state index contributed by atoms with van der Waals surface area (Å²) >= 11 is 0. The van der Waals surface area contributed by atoms with Crippen LogP contribution in [0.2, 0.25) is 0 Å². The van der Waals surface area contributed by atoms with Gasteiger partial charge in [0, 0.05) is 0 Å². The molecule has 0 N–H and O–H groups in total. The van der Waals surface area contributed by atoms with E-state index in [1.165, 1.54) is 24.7 Å². The van der Waals surface area contributed by atoms with Crippen LogP contribution in [-0.4, -0.2) is 0 Å². The van der Waals surface area contributed by atoms with E-state index in [1.807, 2.05) is 0 Å². The first kappa shape index (κ1) is 6.69. The zero-order valence-corrected chi connectivity index (χ0v) is 7.14. The first-order valence-corrected chi connectivity index (χ1v) is 4.86. The Balaban J connectivity index is 1.88. The summed E-state index contributed by atoms with van der Waals surface area (Å²) in [5.74, 6) is 4.61. The van der Waals surface area contributed by atoms with Crippen molar-refractivity contribution in [1.82, 2.24) is 0 Å². The largest absolute Gasteiger partial charge is 0.0651 e. The molecule has 0 aromatic heterocycles. The van der Waals surface area contributed by atoms with Crippen molar-refractivity contribution in [1.29, 1.82) is 0 Å². The number of hydrogen-bond acceptors (Lipinski definition) is 0. The molecule has 0 amide bonds. The molecule has 0 saturated heterocycles. The molecule has 0 spiro atoms. The van der Waals surface area contributed by atoms with Crippen molar-refractivity contribution in [2.24, 2.45) is 23.7 Å². The summed E-state index contributed by atoms with van der Waals surface area (Å²) in [7, 11) is 0. The van der Waals surface area contributed by atoms with Gasteiger partial charge in [0.15, 0.2) is 0 Å². The van der Waals surface area contributed by atoms with E-state index < -0.39 is 0 Å². The molecule has 0 bridgehead atoms. The Bertz CT molecular complexity index is 114. The zero-order valence-electron chi connectivity index (χ0n) is 7.14. The summed E-state index contributed by atoms with van der Waals surface area (Å²) < 4.78 is 0. The fourth-order valence-corrected chi connectivity index (χ4v) is 3.14. The van der Waals surface area contributed by atoms with Gasteiger partial charge < -0.3 is 0 Å². The summed E-state index contributed by atoms with van der Waals surface area (Å²) in [6.45, 7) is 4.71. The van der Waals surface area contributed by atoms with Gasteiger partial charge in [-0.05, 0) is 36.5 Å². The molecule has 0 aromatic rings. The van der Waals surface area contributed by atoms with Crippen LogP contribution in [0.4, 0.5) is 0 Å². The van der Waals surface area contributed by atoms with Crippen molar-refractivity contribution in [3.05, 3.63) is 0 Å². The van der Waals surface area contributed by atoms with Gasteiger partial charge in [0.1, 0.15) is 0 Å². The van der Waals surface area contributed by atoms with Gasteiger partial charge in [0.25, 0.3) is 0 Å². The highest BCUT2D eigenvalue weighted by molar-refractivity contribution is 5.00. The van der Waals surface area contributed by atoms with Crippen molar-refractivity contribution in [3.8, 4) is 0 Å². The second-order valence-corrected chi connectivity index (χ2v) is 4.15. The van der Waals surface area contributed by atoms with E-state index >= 15 is 0 Å². The number of rotatable bonds is 2. The fourth-order valence-electron chi connectivity index (χ4n) is 3.14. The van der Waals surface area contributed by atoms with Gasteiger partial charge in [0.05, 0.1) is 0 Å². The molecule has 2 aliphatic carbocycles. The van der Waals surface area contributed by atoms with Crippen LogP contribution in [-0.2, 0) is 0 Å². The van der Waals surface area contributed by atoms with Crippen LogP contribution in [0.1, 0.15) is 39.5 Å². The lowest BCUT2D eigenvalue weighted by Gasteiger charge is -2.58. The lowest BCUT2D eigenvalue weighted by molar-refractivity contribution is -0.0917. The van der Waals surface area contributed by atoms with Crippen LogP contribution < -0.4 is 0 Å². The molecule has 58 valence electrons. The minimum atomic E-state index is 1.13. The molecule has 0 aliphatic heterocycles. The van der Waals surface area contributed by atoms with Gasteiger partial charge >= 0.3 is 0 Å². The van der Waals surface area contributed by atoms with E-state index in [4.69, 9.17) is 0 Å². The van der Waals surface area contributed by atoms with Crippen molar-refractivity contribution >= 4 is 0 Å². The second kappa shape index (κ2) is 2.25. The number of hydrogen-bond donors (Lipinski definition) is 0. The smallest absolute Gasteiger partial charge is 0.0329 e. The topological polar surface area (TPSA) is 0 Å². The summed E-state index contributed by atoms with van der Waals surface area (Å²) in [4.78, 5) is 0. The third-order valence-electron chi connectivity index (χ3n) is 3.89. The highest BCUT2D eigenvalue weighted by Crippen LogP contribution is 2.59. The van der Waals surface area contributed by atoms with E-state index in [2.05, 4.69) is 13.8 Å². The van der Waals surface area contributed by atoms with Crippen LogP contribution in [0, 0.1) is 23.7 Å². The quantitative estimate of drug-likeness (QED) is 0.550. The second-order valence-electron chi connectivity index (χ2n) is 4.15. The Morgan fingerprint density at radius 2 is 1.50 bits per heavy atom. The molecule has 2 fully saturated rings. The highest BCUT2D eigenvalue weighted by atomic mass is 14.6. The van der Waals surface area contributed by atoms with Gasteiger partial charge in [-0.3, -0.25) is 0 Å². The molecule has 0 nitrogen and oxygen atoms in total. The molecule has 2 rings (SSSR count). The Kier molecular flexibility index (Phi) is 1.51. The van der Waals surface area contributed by atoms with Gasteiger partial charge in [-0.1, -0.05) is 26.7 Å². The lowest BCUT2D eigenvalue weighted by atomic mass is 9.47. The summed E-state index contributed by atoms with van der Waals surface area (Å²) in [5.41, 5.74) is 0. The van der Waals surface area contributed by atoms with Gasteiger partial charge in [-0.25, -0.2) is 0 Å². The molecule has 2 saturated carbocycles. The van der Waals surface area contributed by atoms with E-state index in [-0.39, 0.29) is 0 Å². The molecule has 2 atom stereocenters. The lowest BCUT2D eigenvalue weighted by Crippen LogP contribution is -2.50. The predicted molar refractivity (Wildman–Crippen MR) is 43.8 cm³/mol. The fraction of sp³-hybridized carbons (Fsp3) is 1.00. The average molecular weight is 138 g/mol. The zero-order chi connectivity index (χ0) is 7.14. The highest BCUT2D eigenvalue weighted by Gasteiger charge is 2.51. The Morgan fingerprint density at radius 3 is 1.80 bits per heavy atom. The molecule has 10 heavy (non-hydrogen) atoms. The Hall–Kier alpha value is 0. The van der Waals surface area contributed by atoms with Crippen LogP contribution in [0.3, 0.4) is 0 Å². The molecule has 0 heteroatoms. The third kappa shape index (κ3) is 0.681. The standard InChI is InChI=1S/C10H18/c1-3-7-5-9-6-8(4-2)10(7)9/h7-10H,3-6H2,1-2H3. The minimum Gasteiger partial charge on any atom is -0.0651 e.